The van der Waals surface area contributed by atoms with Crippen molar-refractivity contribution >= 4 is 51.9 Å². The van der Waals surface area contributed by atoms with Gasteiger partial charge < -0.3 is 56.4 Å². The van der Waals surface area contributed by atoms with E-state index in [9.17, 15) is 24.3 Å². The van der Waals surface area contributed by atoms with Crippen molar-refractivity contribution in [3.05, 3.63) is 131 Å². The van der Waals surface area contributed by atoms with Crippen molar-refractivity contribution in [3.63, 3.8) is 0 Å². The number of pyridine rings is 2. The summed E-state index contributed by atoms with van der Waals surface area (Å²) in [5.74, 6) is -0.253. The van der Waals surface area contributed by atoms with Gasteiger partial charge in [-0.15, -0.1) is 11.3 Å². The molecule has 5 heterocycles. The third kappa shape index (κ3) is 15.6. The van der Waals surface area contributed by atoms with Crippen molar-refractivity contribution < 1.29 is 43.2 Å². The van der Waals surface area contributed by atoms with Crippen LogP contribution in [-0.2, 0) is 56.6 Å². The molecule has 7 aromatic rings. The molecule has 2 fully saturated rings. The van der Waals surface area contributed by atoms with Crippen LogP contribution in [0.3, 0.4) is 0 Å². The van der Waals surface area contributed by atoms with Gasteiger partial charge in [-0.05, 0) is 103 Å². The van der Waals surface area contributed by atoms with Gasteiger partial charge in [0.15, 0.2) is 11.5 Å². The van der Waals surface area contributed by atoms with Gasteiger partial charge in [0.05, 0.1) is 86.3 Å². The molecule has 0 spiro atoms. The van der Waals surface area contributed by atoms with E-state index >= 15 is 0 Å². The van der Waals surface area contributed by atoms with E-state index in [0.29, 0.717) is 68.9 Å². The summed E-state index contributed by atoms with van der Waals surface area (Å²) in [6.07, 6.45) is 4.83. The minimum absolute atomic E-state index is 0.0132. The molecule has 3 aromatic carbocycles. The molecule has 0 radical (unpaired) electrons. The van der Waals surface area contributed by atoms with Crippen molar-refractivity contribution in [2.75, 3.05) is 71.7 Å². The fourth-order valence-electron chi connectivity index (χ4n) is 10.4. The molecule has 9 rings (SSSR count). The maximum atomic E-state index is 14.0. The molecule has 1 aliphatic heterocycles. The summed E-state index contributed by atoms with van der Waals surface area (Å²) in [5, 5.41) is 19.4. The Morgan fingerprint density at radius 1 is 0.786 bits per heavy atom. The lowest BCUT2D eigenvalue weighted by Gasteiger charge is -2.38. The summed E-state index contributed by atoms with van der Waals surface area (Å²) < 4.78 is 24.5. The molecule has 1 aliphatic carbocycles. The van der Waals surface area contributed by atoms with E-state index in [1.165, 1.54) is 4.90 Å². The lowest BCUT2D eigenvalue weighted by Crippen LogP contribution is -2.57. The molecule has 3 atom stereocenters. The first-order valence-corrected chi connectivity index (χ1v) is 29.6. The Morgan fingerprint density at radius 2 is 1.48 bits per heavy atom. The second-order valence-electron chi connectivity index (χ2n) is 22.5. The van der Waals surface area contributed by atoms with E-state index in [1.54, 1.807) is 17.5 Å². The number of nitrogen functional groups attached to an aromatic ring is 1. The highest BCUT2D eigenvalue weighted by Gasteiger charge is 2.44. The number of rotatable bonds is 28. The van der Waals surface area contributed by atoms with Crippen LogP contribution in [0.25, 0.3) is 49.9 Å². The topological polar surface area (TPSA) is 273 Å². The number of amides is 4. The van der Waals surface area contributed by atoms with Crippen LogP contribution in [0.15, 0.2) is 109 Å². The molecular weight excluding hydrogens is 1090 g/mol. The van der Waals surface area contributed by atoms with Crippen LogP contribution in [0.2, 0.25) is 0 Å². The standard InChI is InChI=1S/C63H77N11O9S/c1-41-55(84-40-69-41)44-13-11-43(12-14-44)38-68-60(78)52-37-48(75)39-73(52)61(79)56(62(2,3)4)72-54(77)23-29-81-31-33-83-35-34-82-32-30-80-28-22-53(76)66-27-21-42-8-5-9-45(36-42)50-19-20-51-59(70-50)74(58(71-51)49-10-6-26-67-57(49)64)47-17-15-46(16-18-47)63(65)24-7-25-63/h5-6,8-20,26,36,40,48,52,56,75H,7,21-25,27-35,37-39,65H2,1-4H3,(H2,64,67)(H,66,76)(H,68,78)(H,72,77)/t48-,52+,56-/m1/s1. The average Bonchev–Trinajstić information content (AvgIpc) is 2.29. The first-order valence-electron chi connectivity index (χ1n) is 28.8. The number of aryl methyl sites for hydroxylation is 1. The van der Waals surface area contributed by atoms with Crippen molar-refractivity contribution in [2.45, 2.75) is 103 Å². The highest BCUT2D eigenvalue weighted by Crippen LogP contribution is 2.40. The molecular formula is C63H77N11O9S. The Morgan fingerprint density at radius 3 is 2.12 bits per heavy atom. The molecule has 0 unspecified atom stereocenters. The minimum atomic E-state index is -0.941. The summed E-state index contributed by atoms with van der Waals surface area (Å²) in [5.41, 5.74) is 23.7. The highest BCUT2D eigenvalue weighted by molar-refractivity contribution is 7.13. The number of imidazole rings is 1. The van der Waals surface area contributed by atoms with Crippen molar-refractivity contribution in [2.24, 2.45) is 11.1 Å². The number of aliphatic hydroxyl groups excluding tert-OH is 1. The number of aliphatic hydroxyl groups is 1. The fraction of sp³-hybridized carbons (Fsp3) is 0.429. The average molecular weight is 1160 g/mol. The molecule has 21 heteroatoms. The van der Waals surface area contributed by atoms with Gasteiger partial charge in [-0.3, -0.25) is 23.7 Å². The van der Waals surface area contributed by atoms with Gasteiger partial charge in [0.2, 0.25) is 23.6 Å². The van der Waals surface area contributed by atoms with Gasteiger partial charge >= 0.3 is 0 Å². The number of benzene rings is 3. The monoisotopic (exact) mass is 1160 g/mol. The first-order chi connectivity index (χ1) is 40.5. The van der Waals surface area contributed by atoms with Crippen molar-refractivity contribution in [3.8, 4) is 38.8 Å². The molecule has 84 heavy (non-hydrogen) atoms. The quantitative estimate of drug-likeness (QED) is 0.0275. The fourth-order valence-corrected chi connectivity index (χ4v) is 11.2. The molecule has 20 nitrogen and oxygen atoms in total. The number of hydrogen-bond donors (Lipinski definition) is 6. The predicted molar refractivity (Wildman–Crippen MR) is 323 cm³/mol. The third-order valence-electron chi connectivity index (χ3n) is 15.3. The van der Waals surface area contributed by atoms with Crippen LogP contribution in [0.1, 0.15) is 81.7 Å². The normalized spacial score (nSPS) is 16.1. The number of hydrogen-bond acceptors (Lipinski definition) is 16. The van der Waals surface area contributed by atoms with Crippen LogP contribution in [0, 0.1) is 12.3 Å². The number of anilines is 1. The second kappa shape index (κ2) is 28.4. The number of nitrogens with zero attached hydrogens (tertiary/aromatic N) is 6. The van der Waals surface area contributed by atoms with Gasteiger partial charge in [-0.2, -0.15) is 0 Å². The number of β-amino-alcohol motifs (C(OH)–C–C–N with tert-alkyl or cyclic N) is 1. The van der Waals surface area contributed by atoms with Gasteiger partial charge in [0.1, 0.15) is 23.4 Å². The van der Waals surface area contributed by atoms with E-state index in [4.69, 9.17) is 40.4 Å². The van der Waals surface area contributed by atoms with Gasteiger partial charge in [-0.1, -0.05) is 75.4 Å². The van der Waals surface area contributed by atoms with E-state index in [2.05, 4.69) is 56.3 Å². The maximum Gasteiger partial charge on any atom is 0.246 e. The van der Waals surface area contributed by atoms with Crippen molar-refractivity contribution in [1.29, 1.82) is 0 Å². The number of likely N-dealkylation sites (tertiary alicyclic amines) is 1. The van der Waals surface area contributed by atoms with E-state index in [0.717, 1.165) is 74.5 Å². The third-order valence-corrected chi connectivity index (χ3v) is 16.2. The molecule has 2 aliphatic rings. The maximum absolute atomic E-state index is 14.0. The van der Waals surface area contributed by atoms with E-state index in [1.807, 2.05) is 105 Å². The van der Waals surface area contributed by atoms with E-state index in [-0.39, 0.29) is 75.4 Å². The smallest absolute Gasteiger partial charge is 0.246 e. The first kappa shape index (κ1) is 61.1. The minimum Gasteiger partial charge on any atom is -0.391 e. The lowest BCUT2D eigenvalue weighted by atomic mass is 9.73. The Hall–Kier alpha value is -7.50. The zero-order valence-electron chi connectivity index (χ0n) is 48.3. The summed E-state index contributed by atoms with van der Waals surface area (Å²) in [6, 6.07) is 30.2. The van der Waals surface area contributed by atoms with Crippen molar-refractivity contribution in [1.82, 2.24) is 45.4 Å². The number of ether oxygens (including phenoxy) is 4. The Kier molecular flexibility index (Phi) is 20.6. The summed E-state index contributed by atoms with van der Waals surface area (Å²) >= 11 is 1.57. The molecule has 1 saturated carbocycles. The molecule has 4 aromatic heterocycles. The summed E-state index contributed by atoms with van der Waals surface area (Å²) in [4.78, 5) is 74.5. The Bertz CT molecular complexity index is 3360. The molecule has 8 N–H and O–H groups in total. The molecule has 0 bridgehead atoms. The number of nitrogens with one attached hydrogen (secondary N) is 3. The van der Waals surface area contributed by atoms with Gasteiger partial charge in [0.25, 0.3) is 0 Å². The predicted octanol–water partition coefficient (Wildman–Crippen LogP) is 6.82. The van der Waals surface area contributed by atoms with Crippen LogP contribution in [0.4, 0.5) is 5.82 Å². The zero-order valence-corrected chi connectivity index (χ0v) is 49.1. The molecule has 4 amide bonds. The number of aromatic nitrogens is 5. The largest absolute Gasteiger partial charge is 0.391 e. The highest BCUT2D eigenvalue weighted by atomic mass is 32.1. The number of carbonyl (C=O) groups is 4. The number of carbonyl (C=O) groups excluding carboxylic acids is 4. The van der Waals surface area contributed by atoms with E-state index < -0.39 is 29.5 Å². The SMILES string of the molecule is Cc1ncsc1-c1ccc(CNC(=O)[C@@H]2C[C@@H](O)CN2C(=O)[C@@H](NC(=O)CCOCCOCCOCCOCCC(=O)NCCc2cccc(-c3ccc4nc(-c5cccnc5N)n(-c5ccc(C6(N)CCC6)cc5)c4n3)c2)C(C)(C)C)cc1. The zero-order chi connectivity index (χ0) is 59.2. The Balaban J connectivity index is 0.621. The van der Waals surface area contributed by atoms with Crippen LogP contribution >= 0.6 is 11.3 Å². The number of nitrogens with two attached hydrogens (primary N) is 2. The van der Waals surface area contributed by atoms with Crippen LogP contribution < -0.4 is 27.4 Å². The Labute approximate surface area is 494 Å². The second-order valence-corrected chi connectivity index (χ2v) is 23.4. The summed E-state index contributed by atoms with van der Waals surface area (Å²) in [6.45, 7) is 10.5. The lowest BCUT2D eigenvalue weighted by molar-refractivity contribution is -0.144. The number of thiazole rings is 1. The molecule has 444 valence electrons. The molecule has 1 saturated heterocycles. The number of fused-ring (bicyclic) bond motifs is 1. The van der Waals surface area contributed by atoms with Gasteiger partial charge in [0, 0.05) is 61.9 Å². The van der Waals surface area contributed by atoms with Gasteiger partial charge in [-0.25, -0.2) is 19.9 Å². The summed E-state index contributed by atoms with van der Waals surface area (Å²) in [7, 11) is 0. The van der Waals surface area contributed by atoms with Crippen LogP contribution in [-0.4, -0.2) is 142 Å². The van der Waals surface area contributed by atoms with Crippen LogP contribution in [0.5, 0.6) is 0 Å².